The molecule has 0 saturated heterocycles. The molecule has 122 valence electrons. The van der Waals surface area contributed by atoms with E-state index in [1.165, 1.54) is 12.5 Å². The Bertz CT molecular complexity index is 687. The van der Waals surface area contributed by atoms with Gasteiger partial charge in [0.2, 0.25) is 5.88 Å². The minimum atomic E-state index is -0.984. The largest absolute Gasteiger partial charge is 0.449 e. The summed E-state index contributed by atoms with van der Waals surface area (Å²) in [5.74, 6) is -1.31. The number of carbonyl (C=O) groups is 2. The molecule has 0 fully saturated rings. The molecule has 0 aliphatic carbocycles. The van der Waals surface area contributed by atoms with Gasteiger partial charge in [0.1, 0.15) is 5.56 Å². The summed E-state index contributed by atoms with van der Waals surface area (Å²) in [6.07, 6.45) is -0.0658. The Balaban J connectivity index is 1.98. The lowest BCUT2D eigenvalue weighted by Gasteiger charge is -2.13. The number of hydrogen-bond acceptors (Lipinski definition) is 6. The molecule has 0 unspecified atom stereocenters. The smallest absolute Gasteiger partial charge is 0.346 e. The number of nitrogens with zero attached hydrogens (tertiary/aromatic N) is 1. The molecule has 0 spiro atoms. The van der Waals surface area contributed by atoms with Gasteiger partial charge < -0.3 is 20.3 Å². The predicted octanol–water partition coefficient (Wildman–Crippen LogP) is 2.31. The van der Waals surface area contributed by atoms with E-state index in [-0.39, 0.29) is 11.4 Å². The van der Waals surface area contributed by atoms with Gasteiger partial charge in [0.15, 0.2) is 6.10 Å². The Labute approximate surface area is 133 Å². The van der Waals surface area contributed by atoms with E-state index in [0.29, 0.717) is 11.4 Å². The van der Waals surface area contributed by atoms with Crippen LogP contribution in [-0.2, 0) is 16.0 Å². The molecule has 0 bridgehead atoms. The van der Waals surface area contributed by atoms with E-state index in [4.69, 9.17) is 15.0 Å². The number of nitrogens with two attached hydrogens (primary N) is 1. The highest BCUT2D eigenvalue weighted by molar-refractivity contribution is 5.99. The third-order valence-electron chi connectivity index (χ3n) is 3.38. The monoisotopic (exact) mass is 317 g/mol. The Morgan fingerprint density at radius 3 is 2.52 bits per heavy atom. The molecule has 0 saturated carbocycles. The lowest BCUT2D eigenvalue weighted by molar-refractivity contribution is -0.123. The number of esters is 1. The van der Waals surface area contributed by atoms with Crippen molar-refractivity contribution in [3.63, 3.8) is 0 Å². The maximum atomic E-state index is 12.1. The Hall–Kier alpha value is -2.83. The molecule has 23 heavy (non-hydrogen) atoms. The van der Waals surface area contributed by atoms with Gasteiger partial charge in [0, 0.05) is 5.69 Å². The van der Waals surface area contributed by atoms with Crippen LogP contribution in [0.15, 0.2) is 28.8 Å². The van der Waals surface area contributed by atoms with E-state index in [0.717, 1.165) is 6.42 Å². The summed E-state index contributed by atoms with van der Waals surface area (Å²) in [5, 5.41) is 6.26. The van der Waals surface area contributed by atoms with Gasteiger partial charge in [0.05, 0.1) is 5.69 Å². The average molecular weight is 317 g/mol. The third kappa shape index (κ3) is 3.88. The van der Waals surface area contributed by atoms with E-state index in [1.807, 2.05) is 19.1 Å². The standard InChI is InChI=1S/C16H19N3O4/c1-4-11-5-7-12(8-6-11)18-15(20)10(3)22-16(21)13-9(2)19-23-14(13)17/h5-8,10H,4,17H2,1-3H3,(H,18,20)/t10-/m1/s1. The number of aromatic nitrogens is 1. The molecule has 0 radical (unpaired) electrons. The highest BCUT2D eigenvalue weighted by Gasteiger charge is 2.24. The van der Waals surface area contributed by atoms with E-state index >= 15 is 0 Å². The fourth-order valence-electron chi connectivity index (χ4n) is 1.98. The summed E-state index contributed by atoms with van der Waals surface area (Å²) in [4.78, 5) is 24.1. The number of hydrogen-bond donors (Lipinski definition) is 2. The molecule has 2 aromatic rings. The van der Waals surface area contributed by atoms with Crippen LogP contribution in [0.2, 0.25) is 0 Å². The fourth-order valence-corrected chi connectivity index (χ4v) is 1.98. The van der Waals surface area contributed by atoms with Crippen molar-refractivity contribution in [1.82, 2.24) is 5.16 Å². The van der Waals surface area contributed by atoms with E-state index < -0.39 is 18.0 Å². The molecule has 1 aromatic heterocycles. The molecular formula is C16H19N3O4. The van der Waals surface area contributed by atoms with Gasteiger partial charge in [-0.05, 0) is 38.0 Å². The highest BCUT2D eigenvalue weighted by Crippen LogP contribution is 2.18. The van der Waals surface area contributed by atoms with Crippen LogP contribution in [-0.4, -0.2) is 23.1 Å². The topological polar surface area (TPSA) is 107 Å². The zero-order valence-electron chi connectivity index (χ0n) is 13.3. The van der Waals surface area contributed by atoms with Crippen molar-refractivity contribution in [2.45, 2.75) is 33.3 Å². The molecule has 1 heterocycles. The van der Waals surface area contributed by atoms with E-state index in [1.54, 1.807) is 19.1 Å². The van der Waals surface area contributed by atoms with Gasteiger partial charge in [-0.15, -0.1) is 0 Å². The van der Waals surface area contributed by atoms with E-state index in [2.05, 4.69) is 10.5 Å². The van der Waals surface area contributed by atoms with Crippen molar-refractivity contribution in [2.75, 3.05) is 11.1 Å². The molecule has 0 aliphatic rings. The normalized spacial score (nSPS) is 11.8. The number of ether oxygens (including phenoxy) is 1. The molecular weight excluding hydrogens is 298 g/mol. The first-order valence-corrected chi connectivity index (χ1v) is 7.25. The van der Waals surface area contributed by atoms with E-state index in [9.17, 15) is 9.59 Å². The number of benzene rings is 1. The Kier molecular flexibility index (Phi) is 5.00. The highest BCUT2D eigenvalue weighted by atomic mass is 16.5. The lowest BCUT2D eigenvalue weighted by Crippen LogP contribution is -2.30. The number of nitrogens with one attached hydrogen (secondary N) is 1. The maximum absolute atomic E-state index is 12.1. The van der Waals surface area contributed by atoms with Gasteiger partial charge in [0.25, 0.3) is 5.91 Å². The van der Waals surface area contributed by atoms with Crippen molar-refractivity contribution >= 4 is 23.4 Å². The van der Waals surface area contributed by atoms with Crippen molar-refractivity contribution in [3.05, 3.63) is 41.1 Å². The van der Waals surface area contributed by atoms with Crippen molar-refractivity contribution in [2.24, 2.45) is 0 Å². The first kappa shape index (κ1) is 16.5. The van der Waals surface area contributed by atoms with Crippen LogP contribution in [0.4, 0.5) is 11.6 Å². The van der Waals surface area contributed by atoms with Crippen LogP contribution < -0.4 is 11.1 Å². The molecule has 0 aliphatic heterocycles. The van der Waals surface area contributed by atoms with Crippen LogP contribution in [0, 0.1) is 6.92 Å². The molecule has 1 amide bonds. The molecule has 2 rings (SSSR count). The van der Waals surface area contributed by atoms with Crippen LogP contribution in [0.25, 0.3) is 0 Å². The molecule has 7 heteroatoms. The predicted molar refractivity (Wildman–Crippen MR) is 85.0 cm³/mol. The number of carbonyl (C=O) groups excluding carboxylic acids is 2. The zero-order valence-corrected chi connectivity index (χ0v) is 13.3. The number of aryl methyl sites for hydroxylation is 2. The van der Waals surface area contributed by atoms with Gasteiger partial charge in [-0.1, -0.05) is 24.2 Å². The second-order valence-electron chi connectivity index (χ2n) is 5.09. The number of rotatable bonds is 5. The summed E-state index contributed by atoms with van der Waals surface area (Å²) < 4.78 is 9.81. The average Bonchev–Trinajstić information content (AvgIpc) is 2.86. The fraction of sp³-hybridized carbons (Fsp3) is 0.312. The zero-order chi connectivity index (χ0) is 17.0. The number of anilines is 2. The third-order valence-corrected chi connectivity index (χ3v) is 3.38. The molecule has 1 aromatic carbocycles. The summed E-state index contributed by atoms with van der Waals surface area (Å²) in [5.41, 5.74) is 7.67. The van der Waals surface area contributed by atoms with Crippen LogP contribution in [0.1, 0.15) is 35.5 Å². The first-order valence-electron chi connectivity index (χ1n) is 7.25. The number of nitrogen functional groups attached to an aromatic ring is 1. The lowest BCUT2D eigenvalue weighted by atomic mass is 10.1. The summed E-state index contributed by atoms with van der Waals surface area (Å²) >= 11 is 0. The van der Waals surface area contributed by atoms with Crippen molar-refractivity contribution in [3.8, 4) is 0 Å². The van der Waals surface area contributed by atoms with Crippen molar-refractivity contribution in [1.29, 1.82) is 0 Å². The quantitative estimate of drug-likeness (QED) is 0.819. The van der Waals surface area contributed by atoms with Gasteiger partial charge in [-0.2, -0.15) is 0 Å². The maximum Gasteiger partial charge on any atom is 0.346 e. The summed E-state index contributed by atoms with van der Waals surface area (Å²) in [6, 6.07) is 7.45. The SMILES string of the molecule is CCc1ccc(NC(=O)[C@@H](C)OC(=O)c2c(C)noc2N)cc1. The minimum absolute atomic E-state index is 0.0388. The van der Waals surface area contributed by atoms with Crippen LogP contribution >= 0.6 is 0 Å². The molecule has 1 atom stereocenters. The second-order valence-corrected chi connectivity index (χ2v) is 5.09. The Morgan fingerprint density at radius 2 is 2.00 bits per heavy atom. The molecule has 7 nitrogen and oxygen atoms in total. The second kappa shape index (κ2) is 6.95. The van der Waals surface area contributed by atoms with Gasteiger partial charge in [-0.25, -0.2) is 4.79 Å². The van der Waals surface area contributed by atoms with Crippen LogP contribution in [0.5, 0.6) is 0 Å². The van der Waals surface area contributed by atoms with Gasteiger partial charge in [-0.3, -0.25) is 4.79 Å². The summed E-state index contributed by atoms with van der Waals surface area (Å²) in [6.45, 7) is 5.09. The minimum Gasteiger partial charge on any atom is -0.449 e. The summed E-state index contributed by atoms with van der Waals surface area (Å²) in [7, 11) is 0. The number of amides is 1. The Morgan fingerprint density at radius 1 is 1.35 bits per heavy atom. The first-order chi connectivity index (χ1) is 10.9. The molecule has 3 N–H and O–H groups in total. The van der Waals surface area contributed by atoms with Crippen molar-refractivity contribution < 1.29 is 18.8 Å². The van der Waals surface area contributed by atoms with Crippen LogP contribution in [0.3, 0.4) is 0 Å². The van der Waals surface area contributed by atoms with Gasteiger partial charge >= 0.3 is 5.97 Å².